The van der Waals surface area contributed by atoms with Crippen molar-refractivity contribution in [3.8, 4) is 17.6 Å². The molecule has 1 heterocycles. The minimum absolute atomic E-state index is 0.0441. The molecule has 35 heavy (non-hydrogen) atoms. The smallest absolute Gasteiger partial charge is 0.158 e. The molecule has 3 fully saturated rings. The lowest BCUT2D eigenvalue weighted by molar-refractivity contribution is -0.0200. The van der Waals surface area contributed by atoms with Gasteiger partial charge in [0, 0.05) is 0 Å². The van der Waals surface area contributed by atoms with Crippen LogP contribution in [0.15, 0.2) is 48.6 Å². The van der Waals surface area contributed by atoms with Gasteiger partial charge >= 0.3 is 0 Å². The average molecular weight is 477 g/mol. The average Bonchev–Trinajstić information content (AvgIpc) is 3.36. The lowest BCUT2D eigenvalue weighted by atomic mass is 9.50. The van der Waals surface area contributed by atoms with Crippen LogP contribution >= 0.6 is 0 Å². The van der Waals surface area contributed by atoms with Gasteiger partial charge in [-0.05, 0) is 99.7 Å². The van der Waals surface area contributed by atoms with Crippen LogP contribution in [0.2, 0.25) is 0 Å². The number of allylic oxidation sites excluding steroid dienone is 2. The molecule has 1 aromatic carbocycles. The lowest BCUT2D eigenvalue weighted by Crippen LogP contribution is -2.50. The highest BCUT2D eigenvalue weighted by atomic mass is 16.6. The Morgan fingerprint density at radius 3 is 2.37 bits per heavy atom. The Bertz CT molecular complexity index is 979. The Kier molecular flexibility index (Phi) is 8.33. The highest BCUT2D eigenvalue weighted by Crippen LogP contribution is 2.74. The maximum Gasteiger partial charge on any atom is 0.158 e. The normalized spacial score (nSPS) is 34.1. The predicted octanol–water partition coefficient (Wildman–Crippen LogP) is 8.73. The minimum Gasteiger partial charge on any atom is -0.497 e. The Labute approximate surface area is 215 Å². The molecule has 3 aliphatic rings. The van der Waals surface area contributed by atoms with Gasteiger partial charge in [0.2, 0.25) is 0 Å². The number of hydrogen-bond acceptors (Lipinski definition) is 2. The summed E-state index contributed by atoms with van der Waals surface area (Å²) >= 11 is 0. The Morgan fingerprint density at radius 2 is 1.86 bits per heavy atom. The van der Waals surface area contributed by atoms with Gasteiger partial charge in [0.05, 0.1) is 7.11 Å². The molecular formula is C33H48O2. The fourth-order valence-electron chi connectivity index (χ4n) is 7.60. The molecule has 1 aromatic rings. The SMILES string of the molecule is C=C(C)CCC(C)(C(=C)C)C1C(c2ccc(OC)cc2)C[C@]23OC2(C#CC)CCC3C1CC.CC. The van der Waals surface area contributed by atoms with E-state index in [0.717, 1.165) is 31.4 Å². The topological polar surface area (TPSA) is 21.8 Å². The maximum absolute atomic E-state index is 6.69. The van der Waals surface area contributed by atoms with Crippen LogP contribution in [0.1, 0.15) is 98.5 Å². The zero-order valence-electron chi connectivity index (χ0n) is 23.6. The number of methoxy groups -OCH3 is 1. The number of ether oxygens (including phenoxy) is 2. The van der Waals surface area contributed by atoms with Crippen LogP contribution in [-0.4, -0.2) is 18.3 Å². The quantitative estimate of drug-likeness (QED) is 0.212. The third-order valence-corrected chi connectivity index (χ3v) is 9.46. The fourth-order valence-corrected chi connectivity index (χ4v) is 7.60. The summed E-state index contributed by atoms with van der Waals surface area (Å²) in [6.07, 6.45) is 6.67. The van der Waals surface area contributed by atoms with E-state index in [1.165, 1.54) is 29.6 Å². The first-order valence-electron chi connectivity index (χ1n) is 13.8. The maximum atomic E-state index is 6.69. The van der Waals surface area contributed by atoms with Crippen LogP contribution in [0.4, 0.5) is 0 Å². The summed E-state index contributed by atoms with van der Waals surface area (Å²) in [6, 6.07) is 8.79. The first-order chi connectivity index (χ1) is 16.7. The van der Waals surface area contributed by atoms with E-state index in [-0.39, 0.29) is 16.6 Å². The van der Waals surface area contributed by atoms with Crippen LogP contribution in [0.3, 0.4) is 0 Å². The molecule has 7 atom stereocenters. The van der Waals surface area contributed by atoms with E-state index >= 15 is 0 Å². The number of rotatable bonds is 8. The fraction of sp³-hybridized carbons (Fsp3) is 0.636. The second-order valence-electron chi connectivity index (χ2n) is 11.2. The Hall–Kier alpha value is -1.98. The van der Waals surface area contributed by atoms with Crippen LogP contribution in [-0.2, 0) is 4.74 Å². The molecule has 0 radical (unpaired) electrons. The zero-order valence-corrected chi connectivity index (χ0v) is 23.6. The van der Waals surface area contributed by atoms with Crippen molar-refractivity contribution < 1.29 is 9.47 Å². The summed E-state index contributed by atoms with van der Waals surface area (Å²) in [4.78, 5) is 0. The first-order valence-corrected chi connectivity index (χ1v) is 13.8. The van der Waals surface area contributed by atoms with Gasteiger partial charge in [0.15, 0.2) is 5.60 Å². The molecule has 2 heteroatoms. The van der Waals surface area contributed by atoms with E-state index in [0.29, 0.717) is 23.7 Å². The summed E-state index contributed by atoms with van der Waals surface area (Å²) in [7, 11) is 1.74. The molecule has 2 nitrogen and oxygen atoms in total. The zero-order chi connectivity index (χ0) is 26.0. The lowest BCUT2D eigenvalue weighted by Gasteiger charge is -2.54. The van der Waals surface area contributed by atoms with Crippen molar-refractivity contribution in [2.24, 2.45) is 23.2 Å². The van der Waals surface area contributed by atoms with Crippen molar-refractivity contribution in [2.75, 3.05) is 7.11 Å². The number of benzene rings is 1. The molecule has 2 aliphatic carbocycles. The van der Waals surface area contributed by atoms with Gasteiger partial charge in [-0.3, -0.25) is 0 Å². The molecular weight excluding hydrogens is 428 g/mol. The summed E-state index contributed by atoms with van der Waals surface area (Å²) in [5.41, 5.74) is 3.70. The highest BCUT2D eigenvalue weighted by Gasteiger charge is 2.79. The minimum atomic E-state index is -0.215. The third kappa shape index (κ3) is 4.51. The highest BCUT2D eigenvalue weighted by molar-refractivity contribution is 5.42. The van der Waals surface area contributed by atoms with Crippen LogP contribution in [0, 0.1) is 35.0 Å². The molecule has 0 amide bonds. The van der Waals surface area contributed by atoms with Gasteiger partial charge < -0.3 is 9.47 Å². The van der Waals surface area contributed by atoms with Crippen LogP contribution < -0.4 is 4.74 Å². The van der Waals surface area contributed by atoms with Crippen molar-refractivity contribution >= 4 is 0 Å². The van der Waals surface area contributed by atoms with Gasteiger partial charge in [-0.1, -0.05) is 69.9 Å². The summed E-state index contributed by atoms with van der Waals surface area (Å²) < 4.78 is 12.2. The van der Waals surface area contributed by atoms with Crippen molar-refractivity contribution in [3.63, 3.8) is 0 Å². The standard InChI is InChI=1S/C31H42O2.C2H6/c1-9-17-30-19-16-27-25(10-2)28(29(7,22(5)6)18-15-21(3)4)26(20-31(27,30)33-30)23-11-13-24(32-8)14-12-23;1-2/h11-14,25-28H,3,5,10,15-16,18-20H2,1-2,4,6-8H3;1-2H3/t25?,26?,27?,28?,29?,30?,31-;/m1./s1. The number of epoxide rings is 1. The summed E-state index contributed by atoms with van der Waals surface area (Å²) in [6.45, 7) is 24.0. The third-order valence-electron chi connectivity index (χ3n) is 9.46. The molecule has 6 unspecified atom stereocenters. The van der Waals surface area contributed by atoms with Gasteiger partial charge in [0.25, 0.3) is 0 Å². The van der Waals surface area contributed by atoms with E-state index in [4.69, 9.17) is 9.47 Å². The molecule has 0 N–H and O–H groups in total. The van der Waals surface area contributed by atoms with Crippen LogP contribution in [0.5, 0.6) is 5.75 Å². The van der Waals surface area contributed by atoms with E-state index in [9.17, 15) is 0 Å². The molecule has 4 rings (SSSR count). The van der Waals surface area contributed by atoms with E-state index in [2.05, 4.69) is 77.0 Å². The molecule has 0 aromatic heterocycles. The number of hydrogen-bond donors (Lipinski definition) is 0. The molecule has 2 saturated carbocycles. The molecule has 0 bridgehead atoms. The second kappa shape index (κ2) is 10.6. The largest absolute Gasteiger partial charge is 0.497 e. The van der Waals surface area contributed by atoms with Crippen LogP contribution in [0.25, 0.3) is 0 Å². The monoisotopic (exact) mass is 476 g/mol. The van der Waals surface area contributed by atoms with Crippen molar-refractivity contribution in [2.45, 2.75) is 104 Å². The van der Waals surface area contributed by atoms with E-state index in [1.807, 2.05) is 20.8 Å². The van der Waals surface area contributed by atoms with Crippen molar-refractivity contribution in [3.05, 3.63) is 54.1 Å². The van der Waals surface area contributed by atoms with Gasteiger partial charge in [-0.25, -0.2) is 0 Å². The molecule has 1 saturated heterocycles. The molecule has 192 valence electrons. The predicted molar refractivity (Wildman–Crippen MR) is 149 cm³/mol. The van der Waals surface area contributed by atoms with E-state index < -0.39 is 0 Å². The van der Waals surface area contributed by atoms with E-state index in [1.54, 1.807) is 7.11 Å². The molecule has 1 spiro atoms. The summed E-state index contributed by atoms with van der Waals surface area (Å²) in [5.74, 6) is 9.70. The van der Waals surface area contributed by atoms with Crippen molar-refractivity contribution in [1.82, 2.24) is 0 Å². The van der Waals surface area contributed by atoms with Gasteiger partial charge in [-0.15, -0.1) is 12.5 Å². The van der Waals surface area contributed by atoms with Gasteiger partial charge in [0.1, 0.15) is 11.4 Å². The Balaban J connectivity index is 0.00000167. The molecule has 1 aliphatic heterocycles. The van der Waals surface area contributed by atoms with Crippen molar-refractivity contribution in [1.29, 1.82) is 0 Å². The summed E-state index contributed by atoms with van der Waals surface area (Å²) in [5, 5.41) is 0. The Morgan fingerprint density at radius 1 is 1.20 bits per heavy atom. The first kappa shape index (κ1) is 27.6. The second-order valence-corrected chi connectivity index (χ2v) is 11.2. The van der Waals surface area contributed by atoms with Gasteiger partial charge in [-0.2, -0.15) is 0 Å².